The maximum Gasteiger partial charge on any atom is 0.226 e. The first kappa shape index (κ1) is 16.5. The van der Waals surface area contributed by atoms with Gasteiger partial charge in [0.25, 0.3) is 0 Å². The van der Waals surface area contributed by atoms with Gasteiger partial charge in [-0.15, -0.1) is 0 Å². The average Bonchev–Trinajstić information content (AvgIpc) is 3.54. The van der Waals surface area contributed by atoms with Crippen LogP contribution in [0.15, 0.2) is 79.1 Å². The standard InChI is InChI=1S/C23H22N2O/c26-23(20-10-11-20)25(16-18-12-14-24-15-13-18)17-21-8-4-5-9-22(21)19-6-2-1-3-7-19/h1-9,12-15,20H,10-11,16-17H2. The van der Waals surface area contributed by atoms with Crippen LogP contribution in [0.2, 0.25) is 0 Å². The van der Waals surface area contributed by atoms with Crippen LogP contribution in [-0.4, -0.2) is 15.8 Å². The van der Waals surface area contributed by atoms with Gasteiger partial charge in [0.05, 0.1) is 0 Å². The molecule has 3 nitrogen and oxygen atoms in total. The fraction of sp³-hybridized carbons (Fsp3) is 0.217. The Morgan fingerprint density at radius 1 is 0.885 bits per heavy atom. The largest absolute Gasteiger partial charge is 0.334 e. The molecule has 130 valence electrons. The van der Waals surface area contributed by atoms with Crippen molar-refractivity contribution in [2.75, 3.05) is 0 Å². The average molecular weight is 342 g/mol. The second kappa shape index (κ2) is 7.52. The number of benzene rings is 2. The molecular formula is C23H22N2O. The number of hydrogen-bond donors (Lipinski definition) is 0. The van der Waals surface area contributed by atoms with Crippen LogP contribution in [0, 0.1) is 5.92 Å². The van der Waals surface area contributed by atoms with Gasteiger partial charge in [-0.25, -0.2) is 0 Å². The van der Waals surface area contributed by atoms with Crippen LogP contribution in [0.1, 0.15) is 24.0 Å². The maximum atomic E-state index is 12.9. The van der Waals surface area contributed by atoms with Crippen molar-refractivity contribution in [3.63, 3.8) is 0 Å². The Hall–Kier alpha value is -2.94. The Morgan fingerprint density at radius 2 is 1.58 bits per heavy atom. The zero-order valence-electron chi connectivity index (χ0n) is 14.7. The molecule has 0 saturated heterocycles. The quantitative estimate of drug-likeness (QED) is 0.651. The van der Waals surface area contributed by atoms with E-state index in [1.165, 1.54) is 16.7 Å². The van der Waals surface area contributed by atoms with Crippen molar-refractivity contribution in [3.05, 3.63) is 90.3 Å². The fourth-order valence-corrected chi connectivity index (χ4v) is 3.27. The fourth-order valence-electron chi connectivity index (χ4n) is 3.27. The van der Waals surface area contributed by atoms with Gasteiger partial charge >= 0.3 is 0 Å². The van der Waals surface area contributed by atoms with Crippen LogP contribution in [0.3, 0.4) is 0 Å². The summed E-state index contributed by atoms with van der Waals surface area (Å²) in [5, 5.41) is 0. The second-order valence-electron chi connectivity index (χ2n) is 6.85. The molecule has 0 radical (unpaired) electrons. The van der Waals surface area contributed by atoms with E-state index in [2.05, 4.69) is 47.4 Å². The molecule has 1 aliphatic rings. The summed E-state index contributed by atoms with van der Waals surface area (Å²) in [6, 6.07) is 22.7. The lowest BCUT2D eigenvalue weighted by atomic mass is 9.99. The Kier molecular flexibility index (Phi) is 4.78. The summed E-state index contributed by atoms with van der Waals surface area (Å²) in [4.78, 5) is 18.9. The van der Waals surface area contributed by atoms with Gasteiger partial charge in [-0.2, -0.15) is 0 Å². The predicted molar refractivity (Wildman–Crippen MR) is 103 cm³/mol. The molecule has 1 aromatic heterocycles. The number of aromatic nitrogens is 1. The van der Waals surface area contributed by atoms with Gasteiger partial charge in [-0.05, 0) is 47.2 Å². The summed E-state index contributed by atoms with van der Waals surface area (Å²) in [5.74, 6) is 0.477. The van der Waals surface area contributed by atoms with Crippen molar-refractivity contribution in [2.24, 2.45) is 5.92 Å². The molecule has 1 heterocycles. The molecule has 26 heavy (non-hydrogen) atoms. The minimum absolute atomic E-state index is 0.209. The van der Waals surface area contributed by atoms with Gasteiger partial charge in [0.15, 0.2) is 0 Å². The van der Waals surface area contributed by atoms with Crippen molar-refractivity contribution in [1.29, 1.82) is 0 Å². The normalized spacial score (nSPS) is 13.4. The molecule has 0 spiro atoms. The molecule has 0 unspecified atom stereocenters. The molecule has 1 saturated carbocycles. The Morgan fingerprint density at radius 3 is 2.31 bits per heavy atom. The van der Waals surface area contributed by atoms with E-state index in [1.807, 2.05) is 29.2 Å². The third kappa shape index (κ3) is 3.83. The molecule has 0 aliphatic heterocycles. The summed E-state index contributed by atoms with van der Waals surface area (Å²) >= 11 is 0. The van der Waals surface area contributed by atoms with Gasteiger partial charge in [-0.1, -0.05) is 54.6 Å². The highest BCUT2D eigenvalue weighted by Crippen LogP contribution is 2.33. The number of amides is 1. The van der Waals surface area contributed by atoms with Crippen molar-refractivity contribution < 1.29 is 4.79 Å². The van der Waals surface area contributed by atoms with E-state index < -0.39 is 0 Å². The molecule has 1 fully saturated rings. The first-order valence-electron chi connectivity index (χ1n) is 9.12. The number of hydrogen-bond acceptors (Lipinski definition) is 2. The summed E-state index contributed by atoms with van der Waals surface area (Å²) in [5.41, 5.74) is 4.68. The monoisotopic (exact) mass is 342 g/mol. The summed E-state index contributed by atoms with van der Waals surface area (Å²) in [7, 11) is 0. The van der Waals surface area contributed by atoms with Crippen LogP contribution in [0.25, 0.3) is 11.1 Å². The highest BCUT2D eigenvalue weighted by molar-refractivity contribution is 5.81. The summed E-state index contributed by atoms with van der Waals surface area (Å²) in [6.07, 6.45) is 5.61. The van der Waals surface area contributed by atoms with Gasteiger partial charge < -0.3 is 4.90 Å². The van der Waals surface area contributed by atoms with Crippen molar-refractivity contribution in [3.8, 4) is 11.1 Å². The van der Waals surface area contributed by atoms with Crippen LogP contribution in [0.5, 0.6) is 0 Å². The molecule has 1 amide bonds. The Bertz CT molecular complexity index is 873. The second-order valence-corrected chi connectivity index (χ2v) is 6.85. The Labute approximate surface area is 154 Å². The lowest BCUT2D eigenvalue weighted by Crippen LogP contribution is -2.31. The van der Waals surface area contributed by atoms with E-state index in [4.69, 9.17) is 0 Å². The number of carbonyl (C=O) groups excluding carboxylic acids is 1. The molecule has 0 atom stereocenters. The number of nitrogens with zero attached hydrogens (tertiary/aromatic N) is 2. The van der Waals surface area contributed by atoms with Crippen LogP contribution < -0.4 is 0 Å². The first-order chi connectivity index (χ1) is 12.8. The summed E-state index contributed by atoms with van der Waals surface area (Å²) < 4.78 is 0. The van der Waals surface area contributed by atoms with Crippen molar-refractivity contribution >= 4 is 5.91 Å². The third-order valence-corrected chi connectivity index (χ3v) is 4.82. The number of carbonyl (C=O) groups is 1. The van der Waals surface area contributed by atoms with Gasteiger partial charge in [0.2, 0.25) is 5.91 Å². The van der Waals surface area contributed by atoms with E-state index in [0.717, 1.165) is 18.4 Å². The minimum atomic E-state index is 0.209. The van der Waals surface area contributed by atoms with E-state index in [1.54, 1.807) is 12.4 Å². The van der Waals surface area contributed by atoms with Gasteiger partial charge in [-0.3, -0.25) is 9.78 Å². The van der Waals surface area contributed by atoms with Crippen LogP contribution in [-0.2, 0) is 17.9 Å². The molecule has 3 aromatic rings. The highest BCUT2D eigenvalue weighted by Gasteiger charge is 2.33. The van der Waals surface area contributed by atoms with Gasteiger partial charge in [0.1, 0.15) is 0 Å². The molecule has 1 aliphatic carbocycles. The summed E-state index contributed by atoms with van der Waals surface area (Å²) in [6.45, 7) is 1.25. The van der Waals surface area contributed by atoms with Crippen molar-refractivity contribution in [1.82, 2.24) is 9.88 Å². The SMILES string of the molecule is O=C(C1CC1)N(Cc1ccncc1)Cc1ccccc1-c1ccccc1. The lowest BCUT2D eigenvalue weighted by molar-refractivity contribution is -0.133. The van der Waals surface area contributed by atoms with E-state index in [-0.39, 0.29) is 11.8 Å². The maximum absolute atomic E-state index is 12.9. The molecular weight excluding hydrogens is 320 g/mol. The molecule has 0 bridgehead atoms. The Balaban J connectivity index is 1.63. The molecule has 2 aromatic carbocycles. The van der Waals surface area contributed by atoms with E-state index in [0.29, 0.717) is 13.1 Å². The van der Waals surface area contributed by atoms with Crippen LogP contribution in [0.4, 0.5) is 0 Å². The molecule has 4 rings (SSSR count). The van der Waals surface area contributed by atoms with Gasteiger partial charge in [0, 0.05) is 31.4 Å². The molecule has 0 N–H and O–H groups in total. The minimum Gasteiger partial charge on any atom is -0.334 e. The zero-order valence-corrected chi connectivity index (χ0v) is 14.7. The first-order valence-corrected chi connectivity index (χ1v) is 9.12. The van der Waals surface area contributed by atoms with E-state index in [9.17, 15) is 4.79 Å². The predicted octanol–water partition coefficient (Wildman–Crippen LogP) is 4.69. The smallest absolute Gasteiger partial charge is 0.226 e. The third-order valence-electron chi connectivity index (χ3n) is 4.82. The van der Waals surface area contributed by atoms with E-state index >= 15 is 0 Å². The van der Waals surface area contributed by atoms with Crippen LogP contribution >= 0.6 is 0 Å². The lowest BCUT2D eigenvalue weighted by Gasteiger charge is -2.24. The number of rotatable bonds is 6. The zero-order chi connectivity index (χ0) is 17.8. The number of pyridine rings is 1. The topological polar surface area (TPSA) is 33.2 Å². The highest BCUT2D eigenvalue weighted by atomic mass is 16.2. The molecule has 3 heteroatoms. The van der Waals surface area contributed by atoms with Crippen molar-refractivity contribution in [2.45, 2.75) is 25.9 Å².